The lowest BCUT2D eigenvalue weighted by Gasteiger charge is -2.46. The molecule has 1 saturated heterocycles. The number of piperidine rings is 1. The van der Waals surface area contributed by atoms with Crippen molar-refractivity contribution in [2.45, 2.75) is 58.8 Å². The quantitative estimate of drug-likeness (QED) is 0.628. The fourth-order valence-electron chi connectivity index (χ4n) is 5.92. The van der Waals surface area contributed by atoms with Gasteiger partial charge >= 0.3 is 0 Å². The first-order chi connectivity index (χ1) is 16.5. The molecule has 0 unspecified atom stereocenters. The summed E-state index contributed by atoms with van der Waals surface area (Å²) in [5.74, 6) is 3.60. The molecule has 0 amide bonds. The second-order valence-corrected chi connectivity index (χ2v) is 10.6. The van der Waals surface area contributed by atoms with Crippen LogP contribution in [0.25, 0.3) is 11.1 Å². The summed E-state index contributed by atoms with van der Waals surface area (Å²) < 4.78 is 11.5. The van der Waals surface area contributed by atoms with E-state index in [1.54, 1.807) is 7.11 Å². The first kappa shape index (κ1) is 21.5. The van der Waals surface area contributed by atoms with E-state index in [-0.39, 0.29) is 0 Å². The lowest BCUT2D eigenvalue weighted by atomic mass is 9.63. The van der Waals surface area contributed by atoms with Crippen LogP contribution in [0.2, 0.25) is 0 Å². The lowest BCUT2D eigenvalue weighted by molar-refractivity contribution is 0.276. The number of aromatic nitrogens is 2. The topological polar surface area (TPSA) is 63.4 Å². The van der Waals surface area contributed by atoms with Crippen LogP contribution in [0.3, 0.4) is 0 Å². The van der Waals surface area contributed by atoms with E-state index in [9.17, 15) is 0 Å². The zero-order valence-corrected chi connectivity index (χ0v) is 20.7. The SMILES string of the molecule is COc1cc(N2CCC3(C=C(c4c(C5=C(C)CNC=C5C)noc4C4CC4)C3)CC2)ncc1C. The molecule has 1 N–H and O–H groups in total. The zero-order chi connectivity index (χ0) is 23.4. The molecule has 1 spiro atoms. The maximum atomic E-state index is 6.01. The van der Waals surface area contributed by atoms with Crippen molar-refractivity contribution in [3.8, 4) is 5.75 Å². The van der Waals surface area contributed by atoms with E-state index in [1.165, 1.54) is 40.7 Å². The molecule has 6 heteroatoms. The molecule has 0 atom stereocenters. The summed E-state index contributed by atoms with van der Waals surface area (Å²) in [6.07, 6.45) is 12.4. The smallest absolute Gasteiger partial charge is 0.147 e. The molecule has 4 aliphatic rings. The second kappa shape index (κ2) is 8.03. The van der Waals surface area contributed by atoms with E-state index < -0.39 is 0 Å². The number of aryl methyl sites for hydroxylation is 1. The van der Waals surface area contributed by atoms with Crippen molar-refractivity contribution < 1.29 is 9.26 Å². The van der Waals surface area contributed by atoms with Crippen LogP contribution in [0, 0.1) is 12.3 Å². The molecule has 0 radical (unpaired) electrons. The van der Waals surface area contributed by atoms with Crippen molar-refractivity contribution >= 4 is 17.0 Å². The van der Waals surface area contributed by atoms with Crippen LogP contribution in [0.15, 0.2) is 40.2 Å². The fourth-order valence-corrected chi connectivity index (χ4v) is 5.92. The average molecular weight is 459 g/mol. The minimum atomic E-state index is 0.290. The number of nitrogens with zero attached hydrogens (tertiary/aromatic N) is 3. The van der Waals surface area contributed by atoms with Gasteiger partial charge in [0, 0.05) is 60.7 Å². The highest BCUT2D eigenvalue weighted by Crippen LogP contribution is 2.55. The monoisotopic (exact) mass is 458 g/mol. The van der Waals surface area contributed by atoms with Crippen LogP contribution in [0.4, 0.5) is 5.82 Å². The van der Waals surface area contributed by atoms with Crippen LogP contribution in [-0.4, -0.2) is 36.9 Å². The Bertz CT molecular complexity index is 1220. The summed E-state index contributed by atoms with van der Waals surface area (Å²) in [5, 5.41) is 8.01. The minimum Gasteiger partial charge on any atom is -0.496 e. The third kappa shape index (κ3) is 3.55. The summed E-state index contributed by atoms with van der Waals surface area (Å²) in [5.41, 5.74) is 9.00. The van der Waals surface area contributed by atoms with Crippen LogP contribution < -0.4 is 15.0 Å². The third-order valence-electron chi connectivity index (χ3n) is 8.10. The van der Waals surface area contributed by atoms with Gasteiger partial charge in [-0.1, -0.05) is 11.2 Å². The third-order valence-corrected chi connectivity index (χ3v) is 8.10. The molecule has 2 aliphatic heterocycles. The maximum absolute atomic E-state index is 6.01. The predicted molar refractivity (Wildman–Crippen MR) is 135 cm³/mol. The Balaban J connectivity index is 1.25. The van der Waals surface area contributed by atoms with E-state index in [1.807, 2.05) is 13.1 Å². The predicted octanol–water partition coefficient (Wildman–Crippen LogP) is 5.62. The molecule has 178 valence electrons. The number of anilines is 1. The van der Waals surface area contributed by atoms with Gasteiger partial charge in [-0.15, -0.1) is 0 Å². The number of methoxy groups -OCH3 is 1. The second-order valence-electron chi connectivity index (χ2n) is 10.6. The van der Waals surface area contributed by atoms with Gasteiger partial charge in [0.2, 0.25) is 0 Å². The van der Waals surface area contributed by atoms with Gasteiger partial charge in [0.1, 0.15) is 23.0 Å². The number of hydrogen-bond acceptors (Lipinski definition) is 6. The highest BCUT2D eigenvalue weighted by Gasteiger charge is 2.44. The molecule has 2 aromatic rings. The molecular formula is C28H34N4O2. The number of dihydropyridines is 1. The number of ether oxygens (including phenoxy) is 1. The Kier molecular flexibility index (Phi) is 5.08. The summed E-state index contributed by atoms with van der Waals surface area (Å²) in [6.45, 7) is 9.32. The van der Waals surface area contributed by atoms with Crippen LogP contribution in [0.1, 0.15) is 74.5 Å². The van der Waals surface area contributed by atoms with Gasteiger partial charge in [-0.05, 0) is 75.0 Å². The molecule has 2 fully saturated rings. The number of nitrogens with one attached hydrogen (secondary N) is 1. The van der Waals surface area contributed by atoms with Gasteiger partial charge in [0.15, 0.2) is 0 Å². The van der Waals surface area contributed by atoms with Gasteiger partial charge in [0.25, 0.3) is 0 Å². The molecule has 34 heavy (non-hydrogen) atoms. The van der Waals surface area contributed by atoms with Gasteiger partial charge in [-0.2, -0.15) is 0 Å². The Hall–Kier alpha value is -3.02. The molecule has 1 saturated carbocycles. The molecule has 6 rings (SSSR count). The van der Waals surface area contributed by atoms with Crippen LogP contribution in [0.5, 0.6) is 5.75 Å². The first-order valence-corrected chi connectivity index (χ1v) is 12.6. The largest absolute Gasteiger partial charge is 0.496 e. The molecule has 6 nitrogen and oxygen atoms in total. The Morgan fingerprint density at radius 1 is 1.18 bits per heavy atom. The van der Waals surface area contributed by atoms with Gasteiger partial charge in [-0.25, -0.2) is 4.98 Å². The van der Waals surface area contributed by atoms with E-state index in [0.29, 0.717) is 11.3 Å². The van der Waals surface area contributed by atoms with Crippen molar-refractivity contribution in [3.63, 3.8) is 0 Å². The lowest BCUT2D eigenvalue weighted by Crippen LogP contribution is -2.42. The van der Waals surface area contributed by atoms with Gasteiger partial charge in [-0.3, -0.25) is 0 Å². The standard InChI is InChI=1S/C28H34N4O2/c1-17-16-30-23(11-22(17)33-4)32-9-7-28(8-10-32)12-21(13-28)25-26(31-34-27(25)20-5-6-20)24-18(2)14-29-15-19(24)3/h11-12,14,16,20,29H,5-10,13,15H2,1-4H3. The Labute approximate surface area is 201 Å². The molecule has 4 heterocycles. The Morgan fingerprint density at radius 3 is 2.62 bits per heavy atom. The van der Waals surface area contributed by atoms with E-state index >= 15 is 0 Å². The summed E-state index contributed by atoms with van der Waals surface area (Å²) in [7, 11) is 1.73. The molecule has 0 bridgehead atoms. The molecular weight excluding hydrogens is 424 g/mol. The van der Waals surface area contributed by atoms with Crippen molar-refractivity contribution in [1.29, 1.82) is 0 Å². The normalized spacial score (nSPS) is 21.7. The number of rotatable bonds is 5. The molecule has 2 aliphatic carbocycles. The van der Waals surface area contributed by atoms with Gasteiger partial charge < -0.3 is 19.5 Å². The van der Waals surface area contributed by atoms with Crippen LogP contribution >= 0.6 is 0 Å². The number of allylic oxidation sites excluding steroid dienone is 4. The Morgan fingerprint density at radius 2 is 1.94 bits per heavy atom. The van der Waals surface area contributed by atoms with E-state index in [2.05, 4.69) is 52.5 Å². The zero-order valence-electron chi connectivity index (χ0n) is 20.7. The van der Waals surface area contributed by atoms with Crippen molar-refractivity contribution in [2.75, 3.05) is 31.6 Å². The van der Waals surface area contributed by atoms with Crippen molar-refractivity contribution in [3.05, 3.63) is 58.3 Å². The summed E-state index contributed by atoms with van der Waals surface area (Å²) in [6, 6.07) is 2.08. The van der Waals surface area contributed by atoms with E-state index in [4.69, 9.17) is 9.26 Å². The van der Waals surface area contributed by atoms with Crippen LogP contribution in [-0.2, 0) is 0 Å². The fraction of sp³-hybridized carbons (Fsp3) is 0.500. The molecule has 0 aromatic carbocycles. The summed E-state index contributed by atoms with van der Waals surface area (Å²) >= 11 is 0. The van der Waals surface area contributed by atoms with E-state index in [0.717, 1.165) is 67.5 Å². The average Bonchev–Trinajstić information content (AvgIpc) is 3.58. The van der Waals surface area contributed by atoms with Gasteiger partial charge in [0.05, 0.1) is 7.11 Å². The molecule has 2 aromatic heterocycles. The highest BCUT2D eigenvalue weighted by molar-refractivity contribution is 5.89. The van der Waals surface area contributed by atoms with Crippen molar-refractivity contribution in [1.82, 2.24) is 15.5 Å². The maximum Gasteiger partial charge on any atom is 0.147 e. The summed E-state index contributed by atoms with van der Waals surface area (Å²) in [4.78, 5) is 7.07. The number of pyridine rings is 1. The minimum absolute atomic E-state index is 0.290. The first-order valence-electron chi connectivity index (χ1n) is 12.6. The number of hydrogen-bond donors (Lipinski definition) is 1. The highest BCUT2D eigenvalue weighted by atomic mass is 16.5. The van der Waals surface area contributed by atoms with Crippen molar-refractivity contribution in [2.24, 2.45) is 5.41 Å².